The third kappa shape index (κ3) is 31.3. The van der Waals surface area contributed by atoms with Crippen LogP contribution in [0.1, 0.15) is 181 Å². The van der Waals surface area contributed by atoms with Crippen LogP contribution in [0.15, 0.2) is 24.3 Å². The number of allylic oxidation sites excluding steroid dienone is 4. The van der Waals surface area contributed by atoms with Crippen molar-refractivity contribution in [2.75, 3.05) is 13.2 Å². The standard InChI is InChI=1S/C37H68O5/c1-3-5-7-9-11-13-15-17-18-20-21-23-25-27-29-31-36(39)41-34-35(33-38)42-37(40)32-30-28-26-24-22-19-16-14-12-10-8-6-4-2/h14,16-18,35,38H,3-13,15,19-34H2,1-2H3/b16-14-,18-17-. The number of hydrogen-bond donors (Lipinski definition) is 1. The van der Waals surface area contributed by atoms with E-state index in [1.165, 1.54) is 103 Å². The number of carbonyl (C=O) groups is 2. The van der Waals surface area contributed by atoms with Crippen molar-refractivity contribution in [1.29, 1.82) is 0 Å². The van der Waals surface area contributed by atoms with E-state index in [9.17, 15) is 14.7 Å². The number of carbonyl (C=O) groups excluding carboxylic acids is 2. The monoisotopic (exact) mass is 593 g/mol. The third-order valence-electron chi connectivity index (χ3n) is 7.72. The van der Waals surface area contributed by atoms with Crippen molar-refractivity contribution in [1.82, 2.24) is 0 Å². The van der Waals surface area contributed by atoms with E-state index in [1.807, 2.05) is 0 Å². The molecular weight excluding hydrogens is 524 g/mol. The summed E-state index contributed by atoms with van der Waals surface area (Å²) in [6.45, 7) is 4.09. The highest BCUT2D eigenvalue weighted by atomic mass is 16.6. The first kappa shape index (κ1) is 40.4. The van der Waals surface area contributed by atoms with Crippen LogP contribution < -0.4 is 0 Å². The highest BCUT2D eigenvalue weighted by Gasteiger charge is 2.16. The fraction of sp³-hybridized carbons (Fsp3) is 0.838. The van der Waals surface area contributed by atoms with Crippen LogP contribution in [0.3, 0.4) is 0 Å². The fourth-order valence-corrected chi connectivity index (χ4v) is 4.95. The molecule has 1 unspecified atom stereocenters. The summed E-state index contributed by atoms with van der Waals surface area (Å²) >= 11 is 0. The minimum Gasteiger partial charge on any atom is -0.462 e. The zero-order chi connectivity index (χ0) is 30.8. The summed E-state index contributed by atoms with van der Waals surface area (Å²) in [5, 5.41) is 9.51. The Morgan fingerprint density at radius 3 is 1.31 bits per heavy atom. The molecule has 0 aromatic heterocycles. The van der Waals surface area contributed by atoms with Gasteiger partial charge in [0.2, 0.25) is 0 Å². The van der Waals surface area contributed by atoms with E-state index < -0.39 is 6.10 Å². The molecule has 246 valence electrons. The van der Waals surface area contributed by atoms with Crippen LogP contribution in [-0.2, 0) is 19.1 Å². The van der Waals surface area contributed by atoms with Crippen molar-refractivity contribution in [3.63, 3.8) is 0 Å². The SMILES string of the molecule is CCCCCC/C=C\CCCCCCCC(=O)OC(CO)COC(=O)CCCCCCC/C=C\CCCCCCCC. The first-order chi connectivity index (χ1) is 20.6. The second-order valence-electron chi connectivity index (χ2n) is 11.9. The van der Waals surface area contributed by atoms with Gasteiger partial charge in [0.05, 0.1) is 6.61 Å². The molecule has 1 N–H and O–H groups in total. The Bertz CT molecular complexity index is 642. The Morgan fingerprint density at radius 1 is 0.524 bits per heavy atom. The van der Waals surface area contributed by atoms with Crippen molar-refractivity contribution in [2.24, 2.45) is 0 Å². The molecule has 0 bridgehead atoms. The van der Waals surface area contributed by atoms with Gasteiger partial charge < -0.3 is 14.6 Å². The lowest BCUT2D eigenvalue weighted by Crippen LogP contribution is -2.28. The molecule has 0 aliphatic carbocycles. The number of ether oxygens (including phenoxy) is 2. The number of aliphatic hydroxyl groups is 1. The normalized spacial score (nSPS) is 12.4. The predicted molar refractivity (Wildman–Crippen MR) is 178 cm³/mol. The zero-order valence-electron chi connectivity index (χ0n) is 27.8. The van der Waals surface area contributed by atoms with Crippen molar-refractivity contribution in [2.45, 2.75) is 187 Å². The highest BCUT2D eigenvalue weighted by molar-refractivity contribution is 5.70. The molecule has 1 atom stereocenters. The number of rotatable bonds is 32. The van der Waals surface area contributed by atoms with Crippen LogP contribution in [0.2, 0.25) is 0 Å². The molecular formula is C37H68O5. The lowest BCUT2D eigenvalue weighted by Gasteiger charge is -2.15. The zero-order valence-corrected chi connectivity index (χ0v) is 27.8. The second-order valence-corrected chi connectivity index (χ2v) is 11.9. The van der Waals surface area contributed by atoms with Gasteiger partial charge in [0.1, 0.15) is 6.61 Å². The van der Waals surface area contributed by atoms with Gasteiger partial charge in [-0.1, -0.05) is 128 Å². The average Bonchev–Trinajstić information content (AvgIpc) is 2.99. The van der Waals surface area contributed by atoms with E-state index in [1.54, 1.807) is 0 Å². The van der Waals surface area contributed by atoms with Crippen molar-refractivity contribution >= 4 is 11.9 Å². The van der Waals surface area contributed by atoms with Gasteiger partial charge in [0.25, 0.3) is 0 Å². The van der Waals surface area contributed by atoms with Crippen LogP contribution in [-0.4, -0.2) is 36.4 Å². The van der Waals surface area contributed by atoms with Gasteiger partial charge in [-0.25, -0.2) is 0 Å². The lowest BCUT2D eigenvalue weighted by atomic mass is 10.1. The highest BCUT2D eigenvalue weighted by Crippen LogP contribution is 2.12. The second kappa shape index (κ2) is 33.9. The lowest BCUT2D eigenvalue weighted by molar-refractivity contribution is -0.161. The van der Waals surface area contributed by atoms with Crippen molar-refractivity contribution in [3.8, 4) is 0 Å². The maximum Gasteiger partial charge on any atom is 0.306 e. The first-order valence-corrected chi connectivity index (χ1v) is 17.9. The number of unbranched alkanes of at least 4 members (excludes halogenated alkanes) is 20. The average molecular weight is 593 g/mol. The van der Waals surface area contributed by atoms with Gasteiger partial charge >= 0.3 is 11.9 Å². The van der Waals surface area contributed by atoms with Crippen molar-refractivity contribution in [3.05, 3.63) is 24.3 Å². The van der Waals surface area contributed by atoms with E-state index in [2.05, 4.69) is 38.2 Å². The molecule has 0 aromatic carbocycles. The van der Waals surface area contributed by atoms with Gasteiger partial charge in [-0.2, -0.15) is 0 Å². The maximum absolute atomic E-state index is 12.1. The summed E-state index contributed by atoms with van der Waals surface area (Å²) < 4.78 is 10.6. The Balaban J connectivity index is 3.59. The molecule has 0 heterocycles. The molecule has 0 saturated carbocycles. The predicted octanol–water partition coefficient (Wildman–Crippen LogP) is 10.7. The molecule has 0 aliphatic heterocycles. The summed E-state index contributed by atoms with van der Waals surface area (Å²) in [6, 6.07) is 0. The van der Waals surface area contributed by atoms with Gasteiger partial charge in [-0.05, 0) is 64.2 Å². The summed E-state index contributed by atoms with van der Waals surface area (Å²) in [5.41, 5.74) is 0. The quantitative estimate of drug-likeness (QED) is 0.0478. The Labute approximate surface area is 260 Å². The largest absolute Gasteiger partial charge is 0.462 e. The summed E-state index contributed by atoms with van der Waals surface area (Å²) in [4.78, 5) is 24.1. The number of esters is 2. The van der Waals surface area contributed by atoms with Crippen LogP contribution in [0.4, 0.5) is 0 Å². The van der Waals surface area contributed by atoms with Crippen LogP contribution >= 0.6 is 0 Å². The van der Waals surface area contributed by atoms with E-state index in [-0.39, 0.29) is 25.2 Å². The molecule has 0 aromatic rings. The van der Waals surface area contributed by atoms with E-state index in [0.717, 1.165) is 51.4 Å². The smallest absolute Gasteiger partial charge is 0.306 e. The van der Waals surface area contributed by atoms with Gasteiger partial charge in [-0.15, -0.1) is 0 Å². The summed E-state index contributed by atoms with van der Waals surface area (Å²) in [7, 11) is 0. The van der Waals surface area contributed by atoms with E-state index in [0.29, 0.717) is 12.8 Å². The Kier molecular flexibility index (Phi) is 32.6. The Morgan fingerprint density at radius 2 is 0.881 bits per heavy atom. The van der Waals surface area contributed by atoms with E-state index >= 15 is 0 Å². The molecule has 0 spiro atoms. The molecule has 0 amide bonds. The van der Waals surface area contributed by atoms with Crippen molar-refractivity contribution < 1.29 is 24.2 Å². The number of aliphatic hydroxyl groups excluding tert-OH is 1. The van der Waals surface area contributed by atoms with Crippen LogP contribution in [0, 0.1) is 0 Å². The molecule has 0 saturated heterocycles. The molecule has 0 radical (unpaired) electrons. The van der Waals surface area contributed by atoms with E-state index in [4.69, 9.17) is 9.47 Å². The molecule has 0 rings (SSSR count). The first-order valence-electron chi connectivity index (χ1n) is 17.9. The molecule has 5 nitrogen and oxygen atoms in total. The Hall–Kier alpha value is -1.62. The molecule has 0 fully saturated rings. The van der Waals surface area contributed by atoms with Crippen LogP contribution in [0.5, 0.6) is 0 Å². The molecule has 0 aliphatic rings. The van der Waals surface area contributed by atoms with Gasteiger partial charge in [0.15, 0.2) is 6.10 Å². The van der Waals surface area contributed by atoms with Gasteiger partial charge in [0, 0.05) is 12.8 Å². The third-order valence-corrected chi connectivity index (χ3v) is 7.72. The molecule has 42 heavy (non-hydrogen) atoms. The topological polar surface area (TPSA) is 72.8 Å². The molecule has 5 heteroatoms. The fourth-order valence-electron chi connectivity index (χ4n) is 4.95. The summed E-state index contributed by atoms with van der Waals surface area (Å²) in [5.74, 6) is -0.609. The minimum absolute atomic E-state index is 0.0712. The minimum atomic E-state index is -0.774. The van der Waals surface area contributed by atoms with Gasteiger partial charge in [-0.3, -0.25) is 9.59 Å². The summed E-state index contributed by atoms with van der Waals surface area (Å²) in [6.07, 6.45) is 38.0. The van der Waals surface area contributed by atoms with Crippen LogP contribution in [0.25, 0.3) is 0 Å². The maximum atomic E-state index is 12.1. The number of hydrogen-bond acceptors (Lipinski definition) is 5.